The maximum atomic E-state index is 11.5. The molecule has 0 amide bonds. The van der Waals surface area contributed by atoms with Crippen LogP contribution in [0.5, 0.6) is 0 Å². The SMILES string of the molecule is CCC(C)CN(CC)c1cccc(SC)c1C(=O)O. The lowest BCUT2D eigenvalue weighted by molar-refractivity contribution is 0.0694. The number of hydrogen-bond acceptors (Lipinski definition) is 3. The molecule has 0 aliphatic rings. The second kappa shape index (κ2) is 7.43. The molecule has 1 N–H and O–H groups in total. The van der Waals surface area contributed by atoms with Gasteiger partial charge in [-0.15, -0.1) is 11.8 Å². The molecule has 1 atom stereocenters. The molecule has 3 nitrogen and oxygen atoms in total. The minimum atomic E-state index is -0.845. The van der Waals surface area contributed by atoms with Crippen LogP contribution in [0.15, 0.2) is 23.1 Å². The average molecular weight is 281 g/mol. The van der Waals surface area contributed by atoms with Gasteiger partial charge in [-0.2, -0.15) is 0 Å². The first-order chi connectivity index (χ1) is 9.04. The Labute approximate surface area is 120 Å². The third-order valence-corrected chi connectivity index (χ3v) is 4.17. The van der Waals surface area contributed by atoms with Crippen LogP contribution in [0, 0.1) is 5.92 Å². The summed E-state index contributed by atoms with van der Waals surface area (Å²) in [5.41, 5.74) is 1.27. The van der Waals surface area contributed by atoms with Gasteiger partial charge in [0.1, 0.15) is 0 Å². The zero-order valence-corrected chi connectivity index (χ0v) is 13.0. The molecule has 106 valence electrons. The molecule has 0 aliphatic heterocycles. The highest BCUT2D eigenvalue weighted by Gasteiger charge is 2.19. The molecule has 1 rings (SSSR count). The zero-order valence-electron chi connectivity index (χ0n) is 12.1. The zero-order chi connectivity index (χ0) is 14.4. The quantitative estimate of drug-likeness (QED) is 0.767. The number of thioether (sulfide) groups is 1. The van der Waals surface area contributed by atoms with Gasteiger partial charge in [0.05, 0.1) is 11.3 Å². The predicted octanol–water partition coefficient (Wildman–Crippen LogP) is 3.98. The number of carboxylic acid groups (broad SMARTS) is 1. The normalized spacial score (nSPS) is 12.2. The number of nitrogens with zero attached hydrogens (tertiary/aromatic N) is 1. The number of rotatable bonds is 7. The molecule has 0 saturated carbocycles. The highest BCUT2D eigenvalue weighted by Crippen LogP contribution is 2.30. The summed E-state index contributed by atoms with van der Waals surface area (Å²) in [6.45, 7) is 8.14. The summed E-state index contributed by atoms with van der Waals surface area (Å²) >= 11 is 1.48. The Morgan fingerprint density at radius 1 is 1.42 bits per heavy atom. The molecular formula is C15H23NO2S. The predicted molar refractivity (Wildman–Crippen MR) is 82.5 cm³/mol. The lowest BCUT2D eigenvalue weighted by atomic mass is 10.1. The summed E-state index contributed by atoms with van der Waals surface area (Å²) in [7, 11) is 0. The first-order valence-electron chi connectivity index (χ1n) is 6.70. The molecule has 1 unspecified atom stereocenters. The molecule has 0 fully saturated rings. The fourth-order valence-electron chi connectivity index (χ4n) is 2.07. The Hall–Kier alpha value is -1.16. The van der Waals surface area contributed by atoms with Crippen LogP contribution >= 0.6 is 11.8 Å². The van der Waals surface area contributed by atoms with E-state index in [0.29, 0.717) is 11.5 Å². The van der Waals surface area contributed by atoms with E-state index in [-0.39, 0.29) is 0 Å². The molecule has 0 spiro atoms. The monoisotopic (exact) mass is 281 g/mol. The Bertz CT molecular complexity index is 434. The molecule has 0 aromatic heterocycles. The Kier molecular flexibility index (Phi) is 6.22. The first-order valence-corrected chi connectivity index (χ1v) is 7.92. The van der Waals surface area contributed by atoms with E-state index in [1.54, 1.807) is 0 Å². The minimum absolute atomic E-state index is 0.431. The highest BCUT2D eigenvalue weighted by atomic mass is 32.2. The maximum Gasteiger partial charge on any atom is 0.338 e. The van der Waals surface area contributed by atoms with Gasteiger partial charge in [0.15, 0.2) is 0 Å². The van der Waals surface area contributed by atoms with Crippen LogP contribution in [0.3, 0.4) is 0 Å². The number of carbonyl (C=O) groups is 1. The molecule has 0 bridgehead atoms. The van der Waals surface area contributed by atoms with Crippen molar-refractivity contribution in [2.24, 2.45) is 5.92 Å². The fraction of sp³-hybridized carbons (Fsp3) is 0.533. The Morgan fingerprint density at radius 2 is 2.11 bits per heavy atom. The van der Waals surface area contributed by atoms with Gasteiger partial charge in [-0.3, -0.25) is 0 Å². The Balaban J connectivity index is 3.19. The molecule has 0 saturated heterocycles. The van der Waals surface area contributed by atoms with Crippen LogP contribution in [-0.2, 0) is 0 Å². The second-order valence-electron chi connectivity index (χ2n) is 4.71. The van der Waals surface area contributed by atoms with E-state index in [9.17, 15) is 9.90 Å². The van der Waals surface area contributed by atoms with Crippen molar-refractivity contribution >= 4 is 23.4 Å². The van der Waals surface area contributed by atoms with Crippen LogP contribution in [-0.4, -0.2) is 30.4 Å². The van der Waals surface area contributed by atoms with Crippen LogP contribution in [0.2, 0.25) is 0 Å². The lowest BCUT2D eigenvalue weighted by Crippen LogP contribution is -2.29. The third-order valence-electron chi connectivity index (χ3n) is 3.39. The van der Waals surface area contributed by atoms with Gasteiger partial charge >= 0.3 is 5.97 Å². The molecule has 19 heavy (non-hydrogen) atoms. The molecule has 0 heterocycles. The van der Waals surface area contributed by atoms with E-state index < -0.39 is 5.97 Å². The number of benzene rings is 1. The van der Waals surface area contributed by atoms with E-state index in [1.807, 2.05) is 24.5 Å². The van der Waals surface area contributed by atoms with Crippen LogP contribution in [0.25, 0.3) is 0 Å². The van der Waals surface area contributed by atoms with Crippen LogP contribution < -0.4 is 4.90 Å². The van der Waals surface area contributed by atoms with E-state index in [1.165, 1.54) is 11.8 Å². The minimum Gasteiger partial charge on any atom is -0.478 e. The van der Waals surface area contributed by atoms with Crippen molar-refractivity contribution in [3.63, 3.8) is 0 Å². The smallest absolute Gasteiger partial charge is 0.338 e. The van der Waals surface area contributed by atoms with E-state index in [2.05, 4.69) is 25.7 Å². The van der Waals surface area contributed by atoms with Crippen molar-refractivity contribution in [2.45, 2.75) is 32.1 Å². The van der Waals surface area contributed by atoms with Gasteiger partial charge in [0, 0.05) is 18.0 Å². The summed E-state index contributed by atoms with van der Waals surface area (Å²) in [6.07, 6.45) is 3.01. The van der Waals surface area contributed by atoms with Gasteiger partial charge in [-0.05, 0) is 31.2 Å². The summed E-state index contributed by atoms with van der Waals surface area (Å²) < 4.78 is 0. The first kappa shape index (κ1) is 15.9. The molecule has 0 radical (unpaired) electrons. The number of carboxylic acids is 1. The molecule has 0 aliphatic carbocycles. The van der Waals surface area contributed by atoms with Crippen LogP contribution in [0.1, 0.15) is 37.6 Å². The van der Waals surface area contributed by atoms with E-state index >= 15 is 0 Å². The summed E-state index contributed by atoms with van der Waals surface area (Å²) in [6, 6.07) is 5.72. The third kappa shape index (κ3) is 3.90. The fourth-order valence-corrected chi connectivity index (χ4v) is 2.68. The van der Waals surface area contributed by atoms with Gasteiger partial charge in [0.25, 0.3) is 0 Å². The van der Waals surface area contributed by atoms with Gasteiger partial charge in [-0.25, -0.2) is 4.79 Å². The van der Waals surface area contributed by atoms with Gasteiger partial charge < -0.3 is 10.0 Å². The van der Waals surface area contributed by atoms with Gasteiger partial charge in [-0.1, -0.05) is 26.3 Å². The van der Waals surface area contributed by atoms with Gasteiger partial charge in [0.2, 0.25) is 0 Å². The average Bonchev–Trinajstić information content (AvgIpc) is 2.43. The maximum absolute atomic E-state index is 11.5. The Morgan fingerprint density at radius 3 is 2.58 bits per heavy atom. The van der Waals surface area contributed by atoms with E-state index in [4.69, 9.17) is 0 Å². The van der Waals surface area contributed by atoms with Crippen molar-refractivity contribution in [1.82, 2.24) is 0 Å². The standard InChI is InChI=1S/C15H23NO2S/c1-5-11(3)10-16(6-2)12-8-7-9-13(19-4)14(12)15(17)18/h7-9,11H,5-6,10H2,1-4H3,(H,17,18). The number of anilines is 1. The van der Waals surface area contributed by atoms with Crippen molar-refractivity contribution in [1.29, 1.82) is 0 Å². The van der Waals surface area contributed by atoms with Crippen molar-refractivity contribution in [2.75, 3.05) is 24.2 Å². The summed E-state index contributed by atoms with van der Waals surface area (Å²) in [5, 5.41) is 9.47. The van der Waals surface area contributed by atoms with Crippen LogP contribution in [0.4, 0.5) is 5.69 Å². The highest BCUT2D eigenvalue weighted by molar-refractivity contribution is 7.98. The van der Waals surface area contributed by atoms with E-state index in [0.717, 1.165) is 30.1 Å². The van der Waals surface area contributed by atoms with Crippen molar-refractivity contribution < 1.29 is 9.90 Å². The lowest BCUT2D eigenvalue weighted by Gasteiger charge is -2.28. The second-order valence-corrected chi connectivity index (χ2v) is 5.56. The van der Waals surface area contributed by atoms with Crippen molar-refractivity contribution in [3.8, 4) is 0 Å². The topological polar surface area (TPSA) is 40.5 Å². The summed E-state index contributed by atoms with van der Waals surface area (Å²) in [5.74, 6) is -0.290. The molecule has 1 aromatic carbocycles. The molecule has 1 aromatic rings. The number of hydrogen-bond donors (Lipinski definition) is 1. The molecular weight excluding hydrogens is 258 g/mol. The largest absolute Gasteiger partial charge is 0.478 e. The molecule has 4 heteroatoms. The number of aromatic carboxylic acids is 1. The summed E-state index contributed by atoms with van der Waals surface area (Å²) in [4.78, 5) is 14.5. The van der Waals surface area contributed by atoms with Crippen molar-refractivity contribution in [3.05, 3.63) is 23.8 Å².